The van der Waals surface area contributed by atoms with Crippen LogP contribution in [0, 0.1) is 13.8 Å². The number of ether oxygens (including phenoxy) is 1. The van der Waals surface area contributed by atoms with Gasteiger partial charge in [0.2, 0.25) is 0 Å². The molecule has 124 valence electrons. The van der Waals surface area contributed by atoms with Crippen LogP contribution in [-0.2, 0) is 11.3 Å². The average molecular weight is 306 g/mol. The highest BCUT2D eigenvalue weighted by atomic mass is 16.6. The van der Waals surface area contributed by atoms with Crippen molar-refractivity contribution in [2.45, 2.75) is 66.2 Å². The van der Waals surface area contributed by atoms with Crippen molar-refractivity contribution in [2.75, 3.05) is 6.54 Å². The van der Waals surface area contributed by atoms with Gasteiger partial charge in [0, 0.05) is 13.1 Å². The predicted molar refractivity (Wildman–Crippen MR) is 91.1 cm³/mol. The van der Waals surface area contributed by atoms with Crippen LogP contribution in [-0.4, -0.2) is 23.8 Å². The van der Waals surface area contributed by atoms with Crippen LogP contribution in [0.2, 0.25) is 0 Å². The summed E-state index contributed by atoms with van der Waals surface area (Å²) < 4.78 is 5.30. The second kappa shape index (κ2) is 7.14. The lowest BCUT2D eigenvalue weighted by atomic mass is 10.0. The summed E-state index contributed by atoms with van der Waals surface area (Å²) in [6.07, 6.45) is -0.383. The molecular weight excluding hydrogens is 276 g/mol. The third kappa shape index (κ3) is 6.48. The summed E-state index contributed by atoms with van der Waals surface area (Å²) in [4.78, 5) is 11.8. The molecule has 4 nitrogen and oxygen atoms in total. The number of hydrogen-bond acceptors (Lipinski definition) is 3. The van der Waals surface area contributed by atoms with E-state index in [1.807, 2.05) is 34.6 Å². The molecule has 22 heavy (non-hydrogen) atoms. The Balaban J connectivity index is 2.49. The van der Waals surface area contributed by atoms with Crippen LogP contribution in [0.4, 0.5) is 4.79 Å². The van der Waals surface area contributed by atoms with E-state index in [2.05, 4.69) is 42.7 Å². The van der Waals surface area contributed by atoms with Crippen molar-refractivity contribution < 1.29 is 9.53 Å². The second-order valence-electron chi connectivity index (χ2n) is 7.47. The Morgan fingerprint density at radius 1 is 1.14 bits per heavy atom. The zero-order chi connectivity index (χ0) is 17.0. The number of carbonyl (C=O) groups excluding carboxylic acids is 1. The molecule has 0 unspecified atom stereocenters. The molecule has 1 aromatic rings. The Bertz CT molecular complexity index is 516. The molecule has 0 spiro atoms. The molecule has 2 N–H and O–H groups in total. The first-order chi connectivity index (χ1) is 10.0. The molecule has 0 aromatic heterocycles. The van der Waals surface area contributed by atoms with E-state index < -0.39 is 5.60 Å². The van der Waals surface area contributed by atoms with Gasteiger partial charge in [-0.3, -0.25) is 0 Å². The van der Waals surface area contributed by atoms with Gasteiger partial charge >= 0.3 is 6.09 Å². The maximum absolute atomic E-state index is 11.8. The van der Waals surface area contributed by atoms with Gasteiger partial charge in [-0.2, -0.15) is 0 Å². The number of carbonyl (C=O) groups is 1. The summed E-state index contributed by atoms with van der Waals surface area (Å²) in [5.41, 5.74) is 3.04. The van der Waals surface area contributed by atoms with Crippen molar-refractivity contribution in [2.24, 2.45) is 0 Å². The van der Waals surface area contributed by atoms with E-state index in [0.717, 1.165) is 6.54 Å². The maximum Gasteiger partial charge on any atom is 0.408 e. The Kier molecular flexibility index (Phi) is 6.00. The third-order valence-corrected chi connectivity index (χ3v) is 3.44. The first-order valence-electron chi connectivity index (χ1n) is 7.77. The van der Waals surface area contributed by atoms with E-state index in [4.69, 9.17) is 4.74 Å². The van der Waals surface area contributed by atoms with Crippen molar-refractivity contribution in [3.63, 3.8) is 0 Å². The molecule has 1 rings (SSSR count). The van der Waals surface area contributed by atoms with Crippen molar-refractivity contribution >= 4 is 6.09 Å². The maximum atomic E-state index is 11.8. The van der Waals surface area contributed by atoms with Crippen LogP contribution >= 0.6 is 0 Å². The molecule has 0 fully saturated rings. The minimum absolute atomic E-state index is 0.375. The number of aryl methyl sites for hydroxylation is 1. The number of hydrogen-bond donors (Lipinski definition) is 2. The van der Waals surface area contributed by atoms with Gasteiger partial charge < -0.3 is 15.4 Å². The molecule has 0 aliphatic carbocycles. The van der Waals surface area contributed by atoms with E-state index in [-0.39, 0.29) is 11.6 Å². The lowest BCUT2D eigenvalue weighted by molar-refractivity contribution is 0.0472. The summed E-state index contributed by atoms with van der Waals surface area (Å²) in [7, 11) is 0. The van der Waals surface area contributed by atoms with Gasteiger partial charge in [-0.15, -0.1) is 0 Å². The summed E-state index contributed by atoms with van der Waals surface area (Å²) >= 11 is 0. The monoisotopic (exact) mass is 306 g/mol. The second-order valence-corrected chi connectivity index (χ2v) is 7.47. The quantitative estimate of drug-likeness (QED) is 0.872. The van der Waals surface area contributed by atoms with Crippen LogP contribution < -0.4 is 10.6 Å². The lowest BCUT2D eigenvalue weighted by Gasteiger charge is -2.29. The molecule has 4 heteroatoms. The van der Waals surface area contributed by atoms with Crippen LogP contribution in [0.25, 0.3) is 0 Å². The molecule has 0 radical (unpaired) electrons. The number of rotatable bonds is 5. The summed E-state index contributed by atoms with van der Waals surface area (Å²) in [6, 6.07) is 6.32. The van der Waals surface area contributed by atoms with Gasteiger partial charge in [0.1, 0.15) is 5.60 Å². The number of amides is 1. The van der Waals surface area contributed by atoms with E-state index >= 15 is 0 Å². The molecule has 1 aromatic carbocycles. The zero-order valence-corrected chi connectivity index (χ0v) is 15.0. The summed E-state index contributed by atoms with van der Waals surface area (Å²) in [5, 5.41) is 6.31. The standard InChI is InChI=1S/C18H30N2O2/c1-13-9-8-10-15(14(13)2)11-19-12-18(6,7)20-16(21)22-17(3,4)5/h8-10,19H,11-12H2,1-7H3,(H,20,21). The van der Waals surface area contributed by atoms with Crippen LogP contribution in [0.5, 0.6) is 0 Å². The fourth-order valence-corrected chi connectivity index (χ4v) is 2.14. The lowest BCUT2D eigenvalue weighted by Crippen LogP contribution is -2.51. The van der Waals surface area contributed by atoms with E-state index in [1.54, 1.807) is 0 Å². The van der Waals surface area contributed by atoms with Gasteiger partial charge in [-0.25, -0.2) is 4.79 Å². The Morgan fingerprint density at radius 3 is 2.36 bits per heavy atom. The fraction of sp³-hybridized carbons (Fsp3) is 0.611. The highest BCUT2D eigenvalue weighted by Gasteiger charge is 2.24. The molecule has 0 heterocycles. The molecule has 0 saturated carbocycles. The molecule has 1 amide bonds. The van der Waals surface area contributed by atoms with Crippen molar-refractivity contribution in [1.29, 1.82) is 0 Å². The van der Waals surface area contributed by atoms with Gasteiger partial charge in [0.15, 0.2) is 0 Å². The first-order valence-corrected chi connectivity index (χ1v) is 7.77. The average Bonchev–Trinajstić information content (AvgIpc) is 2.31. The number of alkyl carbamates (subject to hydrolysis) is 1. The van der Waals surface area contributed by atoms with Crippen molar-refractivity contribution in [3.8, 4) is 0 Å². The van der Waals surface area contributed by atoms with Gasteiger partial charge in [0.05, 0.1) is 5.54 Å². The van der Waals surface area contributed by atoms with E-state index in [0.29, 0.717) is 6.54 Å². The SMILES string of the molecule is Cc1cccc(CNCC(C)(C)NC(=O)OC(C)(C)C)c1C. The topological polar surface area (TPSA) is 50.4 Å². The van der Waals surface area contributed by atoms with Crippen LogP contribution in [0.15, 0.2) is 18.2 Å². The van der Waals surface area contributed by atoms with Crippen molar-refractivity contribution in [1.82, 2.24) is 10.6 Å². The highest BCUT2D eigenvalue weighted by molar-refractivity contribution is 5.68. The third-order valence-electron chi connectivity index (χ3n) is 3.44. The number of nitrogens with one attached hydrogen (secondary N) is 2. The van der Waals surface area contributed by atoms with E-state index in [9.17, 15) is 4.79 Å². The Hall–Kier alpha value is -1.55. The zero-order valence-electron chi connectivity index (χ0n) is 15.0. The van der Waals surface area contributed by atoms with Crippen molar-refractivity contribution in [3.05, 3.63) is 34.9 Å². The van der Waals surface area contributed by atoms with Gasteiger partial charge in [-0.05, 0) is 65.2 Å². The van der Waals surface area contributed by atoms with E-state index in [1.165, 1.54) is 16.7 Å². The summed E-state index contributed by atoms with van der Waals surface area (Å²) in [6.45, 7) is 15.2. The molecular formula is C18H30N2O2. The number of benzene rings is 1. The Labute approximate surface area is 134 Å². The fourth-order valence-electron chi connectivity index (χ4n) is 2.14. The smallest absolute Gasteiger partial charge is 0.408 e. The molecule has 0 aliphatic rings. The van der Waals surface area contributed by atoms with Crippen LogP contribution in [0.3, 0.4) is 0 Å². The minimum atomic E-state index is -0.480. The Morgan fingerprint density at radius 2 is 1.77 bits per heavy atom. The van der Waals surface area contributed by atoms with Crippen LogP contribution in [0.1, 0.15) is 51.3 Å². The summed E-state index contributed by atoms with van der Waals surface area (Å²) in [5.74, 6) is 0. The molecule has 0 atom stereocenters. The van der Waals surface area contributed by atoms with Gasteiger partial charge in [-0.1, -0.05) is 18.2 Å². The predicted octanol–water partition coefficient (Wildman–Crippen LogP) is 3.70. The molecule has 0 bridgehead atoms. The van der Waals surface area contributed by atoms with Gasteiger partial charge in [0.25, 0.3) is 0 Å². The highest BCUT2D eigenvalue weighted by Crippen LogP contribution is 2.13. The minimum Gasteiger partial charge on any atom is -0.444 e. The normalized spacial score (nSPS) is 12.1. The molecule has 0 saturated heterocycles. The first kappa shape index (κ1) is 18.5. The molecule has 0 aliphatic heterocycles. The largest absolute Gasteiger partial charge is 0.444 e.